The van der Waals surface area contributed by atoms with Gasteiger partial charge in [0.25, 0.3) is 5.78 Å². The third-order valence-electron chi connectivity index (χ3n) is 6.81. The van der Waals surface area contributed by atoms with Crippen LogP contribution in [0.1, 0.15) is 40.0 Å². The van der Waals surface area contributed by atoms with Gasteiger partial charge in [-0.15, -0.1) is 0 Å². The molecule has 4 aromatic rings. The number of amides is 1. The van der Waals surface area contributed by atoms with Crippen molar-refractivity contribution >= 4 is 61.7 Å². The number of carbonyl (C=O) groups is 3. The molecule has 1 amide bonds. The molecule has 10 heteroatoms. The number of fused-ring (bicyclic) bond motifs is 2. The van der Waals surface area contributed by atoms with E-state index in [4.69, 9.17) is 21.1 Å². The molecule has 0 spiro atoms. The minimum Gasteiger partial charge on any atom is -0.507 e. The molecule has 6 rings (SSSR count). The Bertz CT molecular complexity index is 1710. The van der Waals surface area contributed by atoms with E-state index in [0.717, 1.165) is 16.0 Å². The predicted molar refractivity (Wildman–Crippen MR) is 147 cm³/mol. The minimum atomic E-state index is -0.990. The molecule has 2 aliphatic heterocycles. The Balaban J connectivity index is 1.52. The van der Waals surface area contributed by atoms with Crippen molar-refractivity contribution in [3.8, 4) is 5.75 Å². The number of esters is 1. The molecule has 39 heavy (non-hydrogen) atoms. The summed E-state index contributed by atoms with van der Waals surface area (Å²) in [4.78, 5) is 44.9. The number of Topliss-reactive ketones (excluding diaryl/α,β-unsaturated/α-hetero) is 1. The third-order valence-corrected chi connectivity index (χ3v) is 8.06. The zero-order chi connectivity index (χ0) is 27.4. The number of thiazole rings is 1. The summed E-state index contributed by atoms with van der Waals surface area (Å²) in [6.07, 6.45) is 0.668. The Labute approximate surface area is 232 Å². The SMILES string of the molecule is COC(=O)c1ccc(C2/C(=C(/O)c3ccc4c(c3)CC(C)O4)C(=O)C(=O)N2c2nc3ccc(Cl)cc3s2)cc1. The van der Waals surface area contributed by atoms with Crippen molar-refractivity contribution in [2.75, 3.05) is 12.0 Å². The topological polar surface area (TPSA) is 106 Å². The van der Waals surface area contributed by atoms with Crippen LogP contribution in [0, 0.1) is 0 Å². The first-order chi connectivity index (χ1) is 18.7. The van der Waals surface area contributed by atoms with E-state index in [0.29, 0.717) is 33.7 Å². The van der Waals surface area contributed by atoms with Gasteiger partial charge in [-0.25, -0.2) is 9.78 Å². The number of aliphatic hydroxyl groups is 1. The molecule has 8 nitrogen and oxygen atoms in total. The second-order valence-corrected chi connectivity index (χ2v) is 10.8. The van der Waals surface area contributed by atoms with E-state index in [1.165, 1.54) is 23.3 Å². The molecule has 2 aliphatic rings. The second-order valence-electron chi connectivity index (χ2n) is 9.35. The summed E-state index contributed by atoms with van der Waals surface area (Å²) in [5.74, 6) is -1.75. The molecule has 0 aliphatic carbocycles. The number of anilines is 1. The number of halogens is 1. The lowest BCUT2D eigenvalue weighted by Gasteiger charge is -2.23. The molecular formula is C29H21ClN2O6S. The first-order valence-corrected chi connectivity index (χ1v) is 13.3. The van der Waals surface area contributed by atoms with Crippen LogP contribution < -0.4 is 9.64 Å². The van der Waals surface area contributed by atoms with Crippen LogP contribution in [0.25, 0.3) is 16.0 Å². The van der Waals surface area contributed by atoms with Crippen LogP contribution in [0.2, 0.25) is 5.02 Å². The molecule has 1 saturated heterocycles. The van der Waals surface area contributed by atoms with Crippen LogP contribution in [0.15, 0.2) is 66.2 Å². The molecule has 196 valence electrons. The average Bonchev–Trinajstić information content (AvgIpc) is 3.59. The highest BCUT2D eigenvalue weighted by Gasteiger charge is 2.48. The summed E-state index contributed by atoms with van der Waals surface area (Å²) in [5, 5.41) is 12.3. The van der Waals surface area contributed by atoms with Gasteiger partial charge in [-0.05, 0) is 66.6 Å². The highest BCUT2D eigenvalue weighted by Crippen LogP contribution is 2.45. The van der Waals surface area contributed by atoms with E-state index < -0.39 is 23.7 Å². The van der Waals surface area contributed by atoms with Crippen molar-refractivity contribution in [1.29, 1.82) is 0 Å². The Morgan fingerprint density at radius 2 is 1.85 bits per heavy atom. The smallest absolute Gasteiger partial charge is 0.337 e. The number of hydrogen-bond acceptors (Lipinski definition) is 8. The van der Waals surface area contributed by atoms with E-state index in [2.05, 4.69) is 4.98 Å². The van der Waals surface area contributed by atoms with Crippen LogP contribution >= 0.6 is 22.9 Å². The predicted octanol–water partition coefficient (Wildman–Crippen LogP) is 5.69. The van der Waals surface area contributed by atoms with Crippen molar-refractivity contribution in [3.05, 3.63) is 93.5 Å². The number of aromatic nitrogens is 1. The highest BCUT2D eigenvalue weighted by atomic mass is 35.5. The summed E-state index contributed by atoms with van der Waals surface area (Å²) in [6.45, 7) is 1.95. The maximum absolute atomic E-state index is 13.5. The van der Waals surface area contributed by atoms with Gasteiger partial charge >= 0.3 is 11.9 Å². The van der Waals surface area contributed by atoms with Gasteiger partial charge in [0, 0.05) is 17.0 Å². The number of aliphatic hydroxyl groups excluding tert-OH is 1. The largest absolute Gasteiger partial charge is 0.507 e. The summed E-state index contributed by atoms with van der Waals surface area (Å²) in [6, 6.07) is 15.7. The van der Waals surface area contributed by atoms with E-state index in [1.807, 2.05) is 6.92 Å². The van der Waals surface area contributed by atoms with E-state index >= 15 is 0 Å². The van der Waals surface area contributed by atoms with E-state index in [9.17, 15) is 19.5 Å². The van der Waals surface area contributed by atoms with Crippen molar-refractivity contribution < 1.29 is 29.0 Å². The summed E-state index contributed by atoms with van der Waals surface area (Å²) in [7, 11) is 1.28. The van der Waals surface area contributed by atoms with Gasteiger partial charge in [-0.2, -0.15) is 0 Å². The van der Waals surface area contributed by atoms with Crippen LogP contribution in [-0.2, 0) is 20.7 Å². The molecule has 0 bridgehead atoms. The maximum Gasteiger partial charge on any atom is 0.337 e. The van der Waals surface area contributed by atoms with Gasteiger partial charge in [0.15, 0.2) is 5.13 Å². The lowest BCUT2D eigenvalue weighted by Crippen LogP contribution is -2.29. The van der Waals surface area contributed by atoms with E-state index in [1.54, 1.807) is 60.7 Å². The van der Waals surface area contributed by atoms with E-state index in [-0.39, 0.29) is 22.6 Å². The summed E-state index contributed by atoms with van der Waals surface area (Å²) < 4.78 is 11.3. The summed E-state index contributed by atoms with van der Waals surface area (Å²) in [5.41, 5.74) is 2.67. The Morgan fingerprint density at radius 1 is 1.10 bits per heavy atom. The van der Waals surface area contributed by atoms with Crippen molar-refractivity contribution in [3.63, 3.8) is 0 Å². The van der Waals surface area contributed by atoms with Crippen LogP contribution in [0.3, 0.4) is 0 Å². The number of nitrogens with zero attached hydrogens (tertiary/aromatic N) is 2. The number of ether oxygens (including phenoxy) is 2. The maximum atomic E-state index is 13.5. The fourth-order valence-corrected chi connectivity index (χ4v) is 6.25. The lowest BCUT2D eigenvalue weighted by molar-refractivity contribution is -0.132. The number of benzene rings is 3. The lowest BCUT2D eigenvalue weighted by atomic mass is 9.94. The number of methoxy groups -OCH3 is 1. The Kier molecular flexibility index (Phi) is 6.12. The normalized spacial score (nSPS) is 19.8. The quantitative estimate of drug-likeness (QED) is 0.148. The Hall–Kier alpha value is -4.21. The Morgan fingerprint density at radius 3 is 2.59 bits per heavy atom. The molecule has 0 saturated carbocycles. The zero-order valence-corrected chi connectivity index (χ0v) is 22.4. The molecule has 1 aromatic heterocycles. The number of rotatable bonds is 4. The van der Waals surface area contributed by atoms with Gasteiger partial charge in [0.2, 0.25) is 0 Å². The standard InChI is InChI=1S/C29H21ClN2O6S/c1-14-11-18-12-17(7-10-21(18)38-14)25(33)23-24(15-3-5-16(6-4-15)28(36)37-2)32(27(35)26(23)34)29-31-20-9-8-19(30)13-22(20)39-29/h3-10,12-14,24,33H,11H2,1-2H3/b25-23-. The average molecular weight is 561 g/mol. The molecule has 3 heterocycles. The highest BCUT2D eigenvalue weighted by molar-refractivity contribution is 7.22. The number of hydrogen-bond donors (Lipinski definition) is 1. The third kappa shape index (κ3) is 4.24. The number of carbonyl (C=O) groups excluding carboxylic acids is 3. The minimum absolute atomic E-state index is 0.00356. The molecule has 1 fully saturated rings. The molecule has 2 atom stereocenters. The molecule has 3 aromatic carbocycles. The van der Waals surface area contributed by atoms with Gasteiger partial charge < -0.3 is 14.6 Å². The van der Waals surface area contributed by atoms with Gasteiger partial charge in [-0.3, -0.25) is 14.5 Å². The molecule has 0 radical (unpaired) electrons. The summed E-state index contributed by atoms with van der Waals surface area (Å²) >= 11 is 7.37. The van der Waals surface area contributed by atoms with Gasteiger partial charge in [0.1, 0.15) is 17.6 Å². The zero-order valence-electron chi connectivity index (χ0n) is 20.8. The van der Waals surface area contributed by atoms with Crippen molar-refractivity contribution in [2.24, 2.45) is 0 Å². The molecule has 1 N–H and O–H groups in total. The second kappa shape index (κ2) is 9.52. The van der Waals surface area contributed by atoms with Crippen LogP contribution in [-0.4, -0.2) is 41.0 Å². The van der Waals surface area contributed by atoms with Gasteiger partial charge in [0.05, 0.1) is 34.5 Å². The van der Waals surface area contributed by atoms with Gasteiger partial charge in [-0.1, -0.05) is 35.1 Å². The van der Waals surface area contributed by atoms with Crippen molar-refractivity contribution in [2.45, 2.75) is 25.5 Å². The van der Waals surface area contributed by atoms with Crippen molar-refractivity contribution in [1.82, 2.24) is 4.98 Å². The first kappa shape index (κ1) is 25.1. The number of ketones is 1. The molecule has 2 unspecified atom stereocenters. The van der Waals surface area contributed by atoms with Crippen LogP contribution in [0.4, 0.5) is 5.13 Å². The van der Waals surface area contributed by atoms with Crippen LogP contribution in [0.5, 0.6) is 5.75 Å². The monoisotopic (exact) mass is 560 g/mol. The first-order valence-electron chi connectivity index (χ1n) is 12.1. The fraction of sp³-hybridized carbons (Fsp3) is 0.172. The molecular weight excluding hydrogens is 540 g/mol. The fourth-order valence-electron chi connectivity index (χ4n) is 4.98.